The predicted octanol–water partition coefficient (Wildman–Crippen LogP) is 0.0641. The highest BCUT2D eigenvalue weighted by molar-refractivity contribution is 6.09. The highest BCUT2D eigenvalue weighted by Crippen LogP contribution is 2.13. The van der Waals surface area contributed by atoms with Crippen LogP contribution < -0.4 is 0 Å². The Morgan fingerprint density at radius 1 is 1.00 bits per heavy atom. The van der Waals surface area contributed by atoms with E-state index in [4.69, 9.17) is 9.47 Å². The first kappa shape index (κ1) is 9.82. The summed E-state index contributed by atoms with van der Waals surface area (Å²) in [6.07, 6.45) is 0.159. The minimum atomic E-state index is -0.477. The minimum Gasteiger partial charge on any atom is -0.410 e. The Morgan fingerprint density at radius 2 is 1.40 bits per heavy atom. The Balaban J connectivity index is 2.00. The number of carbonyl (C=O) groups excluding carboxylic acids is 2. The van der Waals surface area contributed by atoms with Crippen molar-refractivity contribution in [3.05, 3.63) is 0 Å². The van der Waals surface area contributed by atoms with E-state index in [0.29, 0.717) is 0 Å². The monoisotopic (exact) mass is 210 g/mol. The second-order valence-electron chi connectivity index (χ2n) is 3.42. The molecule has 0 aliphatic carbocycles. The van der Waals surface area contributed by atoms with Crippen LogP contribution in [0.4, 0.5) is 0 Å². The van der Waals surface area contributed by atoms with Gasteiger partial charge in [-0.15, -0.1) is 0 Å². The normalized spacial score (nSPS) is 29.7. The standard InChI is InChI=1S/C9H10N2O4/c1-4-8(12)14-6(10-4)3-7-11-5(2)9(13)15-7/h4-5H,3H2,1-2H3. The van der Waals surface area contributed by atoms with E-state index in [1.54, 1.807) is 13.8 Å². The van der Waals surface area contributed by atoms with Crippen LogP contribution in [0.2, 0.25) is 0 Å². The fourth-order valence-electron chi connectivity index (χ4n) is 1.29. The van der Waals surface area contributed by atoms with Crippen LogP contribution >= 0.6 is 0 Å². The van der Waals surface area contributed by atoms with Crippen molar-refractivity contribution in [3.8, 4) is 0 Å². The Morgan fingerprint density at radius 3 is 1.67 bits per heavy atom. The van der Waals surface area contributed by atoms with Gasteiger partial charge in [0, 0.05) is 0 Å². The van der Waals surface area contributed by atoms with Crippen molar-refractivity contribution < 1.29 is 19.1 Å². The third kappa shape index (κ3) is 1.88. The lowest BCUT2D eigenvalue weighted by Gasteiger charge is -1.98. The van der Waals surface area contributed by atoms with Crippen LogP contribution in [-0.4, -0.2) is 35.8 Å². The summed E-state index contributed by atoms with van der Waals surface area (Å²) >= 11 is 0. The molecule has 0 aromatic rings. The maximum Gasteiger partial charge on any atom is 0.337 e. The summed E-state index contributed by atoms with van der Waals surface area (Å²) in [7, 11) is 0. The summed E-state index contributed by atoms with van der Waals surface area (Å²) in [5.74, 6) is -0.257. The van der Waals surface area contributed by atoms with E-state index < -0.39 is 12.1 Å². The van der Waals surface area contributed by atoms with Gasteiger partial charge in [-0.25, -0.2) is 19.6 Å². The van der Waals surface area contributed by atoms with Gasteiger partial charge in [-0.1, -0.05) is 0 Å². The SMILES string of the molecule is CC1N=C(CC2=NC(C)C(=O)O2)OC1=O. The first-order chi connectivity index (χ1) is 7.06. The van der Waals surface area contributed by atoms with Crippen molar-refractivity contribution in [3.63, 3.8) is 0 Å². The molecule has 2 atom stereocenters. The quantitative estimate of drug-likeness (QED) is 0.604. The molecule has 6 nitrogen and oxygen atoms in total. The van der Waals surface area contributed by atoms with Crippen molar-refractivity contribution in [2.45, 2.75) is 32.4 Å². The van der Waals surface area contributed by atoms with Crippen LogP contribution in [0.5, 0.6) is 0 Å². The lowest BCUT2D eigenvalue weighted by molar-refractivity contribution is -0.135. The third-order valence-electron chi connectivity index (χ3n) is 2.10. The van der Waals surface area contributed by atoms with Crippen molar-refractivity contribution in [1.82, 2.24) is 0 Å². The second-order valence-corrected chi connectivity index (χ2v) is 3.42. The average Bonchev–Trinajstić information content (AvgIpc) is 2.59. The molecule has 15 heavy (non-hydrogen) atoms. The molecule has 0 amide bonds. The molecule has 0 radical (unpaired) electrons. The van der Waals surface area contributed by atoms with Crippen LogP contribution in [0.25, 0.3) is 0 Å². The molecule has 80 valence electrons. The van der Waals surface area contributed by atoms with E-state index in [2.05, 4.69) is 9.98 Å². The average molecular weight is 210 g/mol. The third-order valence-corrected chi connectivity index (χ3v) is 2.10. The van der Waals surface area contributed by atoms with Gasteiger partial charge in [0.05, 0.1) is 0 Å². The topological polar surface area (TPSA) is 77.3 Å². The number of nitrogens with zero attached hydrogens (tertiary/aromatic N) is 2. The molecule has 0 N–H and O–H groups in total. The molecule has 0 aromatic carbocycles. The molecule has 0 saturated heterocycles. The fourth-order valence-corrected chi connectivity index (χ4v) is 1.29. The van der Waals surface area contributed by atoms with Gasteiger partial charge in [-0.05, 0) is 13.8 Å². The summed E-state index contributed by atoms with van der Waals surface area (Å²) < 4.78 is 9.69. The van der Waals surface area contributed by atoms with Crippen molar-refractivity contribution in [2.24, 2.45) is 9.98 Å². The Kier molecular flexibility index (Phi) is 2.26. The maximum atomic E-state index is 11.0. The molecule has 2 heterocycles. The molecule has 0 aromatic heterocycles. The zero-order valence-corrected chi connectivity index (χ0v) is 8.39. The van der Waals surface area contributed by atoms with Gasteiger partial charge in [-0.3, -0.25) is 0 Å². The Labute approximate surface area is 86.0 Å². The lowest BCUT2D eigenvalue weighted by atomic mass is 10.4. The Bertz CT molecular complexity index is 350. The van der Waals surface area contributed by atoms with Crippen LogP contribution in [0.1, 0.15) is 20.3 Å². The number of rotatable bonds is 2. The number of ether oxygens (including phenoxy) is 2. The van der Waals surface area contributed by atoms with Crippen LogP contribution in [0.15, 0.2) is 9.98 Å². The predicted molar refractivity (Wildman–Crippen MR) is 50.6 cm³/mol. The van der Waals surface area contributed by atoms with Crippen LogP contribution in [0.3, 0.4) is 0 Å². The van der Waals surface area contributed by atoms with Crippen LogP contribution in [-0.2, 0) is 19.1 Å². The van der Waals surface area contributed by atoms with Gasteiger partial charge in [0.1, 0.15) is 18.5 Å². The highest BCUT2D eigenvalue weighted by Gasteiger charge is 2.30. The molecule has 2 aliphatic rings. The van der Waals surface area contributed by atoms with E-state index in [1.807, 2.05) is 0 Å². The first-order valence-electron chi connectivity index (χ1n) is 4.63. The number of hydrogen-bond donors (Lipinski definition) is 0. The van der Waals surface area contributed by atoms with Crippen molar-refractivity contribution >= 4 is 23.7 Å². The molecule has 6 heteroatoms. The van der Waals surface area contributed by atoms with Crippen LogP contribution in [0, 0.1) is 0 Å². The van der Waals surface area contributed by atoms with Gasteiger partial charge in [-0.2, -0.15) is 0 Å². The second kappa shape index (κ2) is 3.45. The summed E-state index contributed by atoms with van der Waals surface area (Å²) in [4.78, 5) is 29.9. The molecule has 0 bridgehead atoms. The molecule has 0 spiro atoms. The number of aliphatic imine (C=N–C) groups is 2. The van der Waals surface area contributed by atoms with Gasteiger partial charge in [0.25, 0.3) is 0 Å². The molecule has 0 fully saturated rings. The highest BCUT2D eigenvalue weighted by atomic mass is 16.6. The first-order valence-corrected chi connectivity index (χ1v) is 4.63. The van der Waals surface area contributed by atoms with E-state index in [0.717, 1.165) is 0 Å². The van der Waals surface area contributed by atoms with Crippen molar-refractivity contribution in [1.29, 1.82) is 0 Å². The molecule has 0 saturated carbocycles. The van der Waals surface area contributed by atoms with E-state index in [9.17, 15) is 9.59 Å². The number of hydrogen-bond acceptors (Lipinski definition) is 6. The molecule has 2 unspecified atom stereocenters. The maximum absolute atomic E-state index is 11.0. The minimum absolute atomic E-state index is 0.159. The number of esters is 2. The molecular weight excluding hydrogens is 200 g/mol. The fraction of sp³-hybridized carbons (Fsp3) is 0.556. The molecule has 2 rings (SSSR count). The van der Waals surface area contributed by atoms with Gasteiger partial charge in [0.15, 0.2) is 0 Å². The van der Waals surface area contributed by atoms with Gasteiger partial charge < -0.3 is 9.47 Å². The van der Waals surface area contributed by atoms with Gasteiger partial charge >= 0.3 is 11.9 Å². The molecule has 2 aliphatic heterocycles. The lowest BCUT2D eigenvalue weighted by Crippen LogP contribution is -2.14. The zero-order chi connectivity index (χ0) is 11.0. The molecular formula is C9H10N2O4. The van der Waals surface area contributed by atoms with E-state index >= 15 is 0 Å². The summed E-state index contributed by atoms with van der Waals surface area (Å²) in [5, 5.41) is 0. The zero-order valence-electron chi connectivity index (χ0n) is 8.39. The summed E-state index contributed by atoms with van der Waals surface area (Å²) in [5.41, 5.74) is 0. The van der Waals surface area contributed by atoms with Gasteiger partial charge in [0.2, 0.25) is 11.8 Å². The summed E-state index contributed by atoms with van der Waals surface area (Å²) in [6, 6.07) is -0.953. The van der Waals surface area contributed by atoms with Crippen molar-refractivity contribution in [2.75, 3.05) is 0 Å². The number of cyclic esters (lactones) is 2. The smallest absolute Gasteiger partial charge is 0.337 e. The Hall–Kier alpha value is -1.72. The van der Waals surface area contributed by atoms with E-state index in [1.165, 1.54) is 0 Å². The summed E-state index contributed by atoms with van der Waals surface area (Å²) in [6.45, 7) is 3.28. The van der Waals surface area contributed by atoms with E-state index in [-0.39, 0.29) is 30.2 Å². The number of carbonyl (C=O) groups is 2. The largest absolute Gasteiger partial charge is 0.410 e.